The zero-order valence-electron chi connectivity index (χ0n) is 11.5. The molecule has 16 heavy (non-hydrogen) atoms. The fourth-order valence-electron chi connectivity index (χ4n) is 1.97. The number of rotatable bonds is 7. The molecule has 0 aliphatic carbocycles. The summed E-state index contributed by atoms with van der Waals surface area (Å²) in [6, 6.07) is 0. The van der Waals surface area contributed by atoms with E-state index in [-0.39, 0.29) is 5.91 Å². The van der Waals surface area contributed by atoms with Crippen LogP contribution in [-0.2, 0) is 4.79 Å². The van der Waals surface area contributed by atoms with Gasteiger partial charge in [-0.15, -0.1) is 0 Å². The summed E-state index contributed by atoms with van der Waals surface area (Å²) in [5.74, 6) is 0.633. The minimum absolute atomic E-state index is 0.176. The van der Waals surface area contributed by atoms with Crippen LogP contribution < -0.4 is 10.6 Å². The third kappa shape index (κ3) is 9.97. The number of carbonyl (C=O) groups excluding carboxylic acids is 1. The first-order chi connectivity index (χ1) is 7.35. The molecule has 96 valence electrons. The van der Waals surface area contributed by atoms with Crippen molar-refractivity contribution in [3.63, 3.8) is 0 Å². The van der Waals surface area contributed by atoms with Crippen molar-refractivity contribution in [2.45, 2.75) is 47.5 Å². The van der Waals surface area contributed by atoms with Gasteiger partial charge in [-0.3, -0.25) is 4.79 Å². The molecule has 0 aromatic heterocycles. The maximum Gasteiger partial charge on any atom is 0.220 e. The van der Waals surface area contributed by atoms with Crippen molar-refractivity contribution in [3.05, 3.63) is 0 Å². The van der Waals surface area contributed by atoms with E-state index in [4.69, 9.17) is 0 Å². The van der Waals surface area contributed by atoms with Gasteiger partial charge in [-0.25, -0.2) is 0 Å². The molecule has 1 atom stereocenters. The summed E-state index contributed by atoms with van der Waals surface area (Å²) in [5, 5.41) is 6.11. The normalized spacial score (nSPS) is 13.6. The average Bonchev–Trinajstić information content (AvgIpc) is 2.09. The summed E-state index contributed by atoms with van der Waals surface area (Å²) < 4.78 is 0. The molecule has 3 nitrogen and oxygen atoms in total. The lowest BCUT2D eigenvalue weighted by molar-refractivity contribution is -0.122. The Labute approximate surface area is 100 Å². The van der Waals surface area contributed by atoms with Gasteiger partial charge in [0.1, 0.15) is 0 Å². The van der Waals surface area contributed by atoms with Crippen LogP contribution in [0.1, 0.15) is 47.5 Å². The molecule has 0 fully saturated rings. The second-order valence-corrected chi connectivity index (χ2v) is 5.78. The van der Waals surface area contributed by atoms with Crippen LogP contribution in [0.25, 0.3) is 0 Å². The smallest absolute Gasteiger partial charge is 0.220 e. The predicted octanol–water partition coefficient (Wildman–Crippen LogP) is 2.17. The van der Waals surface area contributed by atoms with Crippen molar-refractivity contribution in [2.75, 3.05) is 19.6 Å². The zero-order chi connectivity index (χ0) is 12.6. The Morgan fingerprint density at radius 3 is 2.38 bits per heavy atom. The molecule has 0 rings (SSSR count). The van der Waals surface area contributed by atoms with Crippen LogP contribution in [0.4, 0.5) is 0 Å². The number of hydrogen-bond acceptors (Lipinski definition) is 2. The number of carbonyl (C=O) groups is 1. The van der Waals surface area contributed by atoms with Gasteiger partial charge in [0.2, 0.25) is 5.91 Å². The van der Waals surface area contributed by atoms with Crippen LogP contribution in [0.3, 0.4) is 0 Å². The Morgan fingerprint density at radius 2 is 1.88 bits per heavy atom. The van der Waals surface area contributed by atoms with Crippen LogP contribution in [-0.4, -0.2) is 25.5 Å². The van der Waals surface area contributed by atoms with E-state index in [1.54, 1.807) is 0 Å². The van der Waals surface area contributed by atoms with Crippen LogP contribution in [0.15, 0.2) is 0 Å². The lowest BCUT2D eigenvalue weighted by Gasteiger charge is -2.22. The molecule has 0 heterocycles. The van der Waals surface area contributed by atoms with Gasteiger partial charge in [0.05, 0.1) is 0 Å². The van der Waals surface area contributed by atoms with E-state index in [1.165, 1.54) is 0 Å². The van der Waals surface area contributed by atoms with Gasteiger partial charge >= 0.3 is 0 Å². The fourth-order valence-corrected chi connectivity index (χ4v) is 1.97. The summed E-state index contributed by atoms with van der Waals surface area (Å²) in [6.45, 7) is 13.4. The summed E-state index contributed by atoms with van der Waals surface area (Å²) in [6.07, 6.45) is 1.73. The van der Waals surface area contributed by atoms with E-state index in [0.29, 0.717) is 17.8 Å². The molecule has 0 saturated carbocycles. The molecular formula is C13H28N2O. The van der Waals surface area contributed by atoms with E-state index in [9.17, 15) is 4.79 Å². The van der Waals surface area contributed by atoms with Gasteiger partial charge in [0.25, 0.3) is 0 Å². The minimum Gasteiger partial charge on any atom is -0.355 e. The molecule has 0 spiro atoms. The Hall–Kier alpha value is -0.570. The molecule has 1 amide bonds. The highest BCUT2D eigenvalue weighted by atomic mass is 16.1. The number of nitrogens with one attached hydrogen (secondary N) is 2. The van der Waals surface area contributed by atoms with Gasteiger partial charge < -0.3 is 10.6 Å². The van der Waals surface area contributed by atoms with Gasteiger partial charge in [0, 0.05) is 19.5 Å². The van der Waals surface area contributed by atoms with Gasteiger partial charge in [-0.2, -0.15) is 0 Å². The highest BCUT2D eigenvalue weighted by Gasteiger charge is 2.17. The Balaban J connectivity index is 3.62. The third-order valence-electron chi connectivity index (χ3n) is 2.37. The van der Waals surface area contributed by atoms with Gasteiger partial charge in [-0.1, -0.05) is 34.6 Å². The molecule has 0 aliphatic heterocycles. The topological polar surface area (TPSA) is 41.1 Å². The Bertz CT molecular complexity index is 197. The van der Waals surface area contributed by atoms with Gasteiger partial charge in [-0.05, 0) is 24.3 Å². The van der Waals surface area contributed by atoms with Crippen molar-refractivity contribution < 1.29 is 4.79 Å². The maximum absolute atomic E-state index is 11.6. The SMILES string of the molecule is CCNCCNC(=O)CC(C)CC(C)(C)C. The molecule has 2 N–H and O–H groups in total. The molecule has 0 aliphatic rings. The largest absolute Gasteiger partial charge is 0.355 e. The summed E-state index contributed by atoms with van der Waals surface area (Å²) in [4.78, 5) is 11.6. The first-order valence-corrected chi connectivity index (χ1v) is 6.32. The van der Waals surface area contributed by atoms with Crippen LogP contribution in [0.2, 0.25) is 0 Å². The quantitative estimate of drug-likeness (QED) is 0.656. The molecule has 0 radical (unpaired) electrons. The Kier molecular flexibility index (Phi) is 7.39. The van der Waals surface area contributed by atoms with E-state index >= 15 is 0 Å². The van der Waals surface area contributed by atoms with Crippen LogP contribution in [0, 0.1) is 11.3 Å². The summed E-state index contributed by atoms with van der Waals surface area (Å²) in [7, 11) is 0. The van der Waals surface area contributed by atoms with E-state index in [1.807, 2.05) is 0 Å². The van der Waals surface area contributed by atoms with Crippen molar-refractivity contribution in [2.24, 2.45) is 11.3 Å². The third-order valence-corrected chi connectivity index (χ3v) is 2.37. The molecule has 1 unspecified atom stereocenters. The summed E-state index contributed by atoms with van der Waals surface area (Å²) >= 11 is 0. The number of hydrogen-bond donors (Lipinski definition) is 2. The molecule has 0 bridgehead atoms. The first-order valence-electron chi connectivity index (χ1n) is 6.32. The highest BCUT2D eigenvalue weighted by molar-refractivity contribution is 5.76. The second kappa shape index (κ2) is 7.66. The molecular weight excluding hydrogens is 200 g/mol. The lowest BCUT2D eigenvalue weighted by atomic mass is 9.84. The van der Waals surface area contributed by atoms with Crippen molar-refractivity contribution in [1.29, 1.82) is 0 Å². The maximum atomic E-state index is 11.6. The predicted molar refractivity (Wildman–Crippen MR) is 69.4 cm³/mol. The molecule has 0 saturated heterocycles. The summed E-state index contributed by atoms with van der Waals surface area (Å²) in [5.41, 5.74) is 0.309. The molecule has 0 aromatic carbocycles. The zero-order valence-corrected chi connectivity index (χ0v) is 11.5. The minimum atomic E-state index is 0.176. The van der Waals surface area contributed by atoms with Crippen LogP contribution in [0.5, 0.6) is 0 Å². The average molecular weight is 228 g/mol. The lowest BCUT2D eigenvalue weighted by Crippen LogP contribution is -2.32. The van der Waals surface area contributed by atoms with Crippen molar-refractivity contribution in [3.8, 4) is 0 Å². The first kappa shape index (κ1) is 15.4. The van der Waals surface area contributed by atoms with Crippen LogP contribution >= 0.6 is 0 Å². The molecule has 0 aromatic rings. The van der Waals surface area contributed by atoms with E-state index in [0.717, 1.165) is 26.1 Å². The van der Waals surface area contributed by atoms with Crippen molar-refractivity contribution >= 4 is 5.91 Å². The van der Waals surface area contributed by atoms with Crippen molar-refractivity contribution in [1.82, 2.24) is 10.6 Å². The Morgan fingerprint density at radius 1 is 1.25 bits per heavy atom. The van der Waals surface area contributed by atoms with Gasteiger partial charge in [0.15, 0.2) is 0 Å². The second-order valence-electron chi connectivity index (χ2n) is 5.78. The number of amides is 1. The van der Waals surface area contributed by atoms with E-state index in [2.05, 4.69) is 45.3 Å². The fraction of sp³-hybridized carbons (Fsp3) is 0.923. The monoisotopic (exact) mass is 228 g/mol. The standard InChI is InChI=1S/C13H28N2O/c1-6-14-7-8-15-12(16)9-11(2)10-13(3,4)5/h11,14H,6-10H2,1-5H3,(H,15,16). The number of likely N-dealkylation sites (N-methyl/N-ethyl adjacent to an activating group) is 1. The molecule has 3 heteroatoms. The highest BCUT2D eigenvalue weighted by Crippen LogP contribution is 2.25. The van der Waals surface area contributed by atoms with E-state index < -0.39 is 0 Å².